The van der Waals surface area contributed by atoms with E-state index in [-0.39, 0.29) is 35.3 Å². The molecule has 0 unspecified atom stereocenters. The van der Waals surface area contributed by atoms with Crippen molar-refractivity contribution in [2.45, 2.75) is 6.92 Å². The molecule has 4 rings (SSSR count). The van der Waals surface area contributed by atoms with Crippen molar-refractivity contribution in [3.8, 4) is 23.1 Å². The molecule has 11 heteroatoms. The number of methoxy groups -OCH3 is 1. The maximum atomic E-state index is 12.1. The number of nitrogens with zero attached hydrogens (tertiary/aromatic N) is 7. The highest BCUT2D eigenvalue weighted by Gasteiger charge is 2.22. The molecule has 0 spiro atoms. The minimum atomic E-state index is -2.89. The molecule has 0 saturated carbocycles. The van der Waals surface area contributed by atoms with E-state index in [1.54, 1.807) is 12.1 Å². The molecule has 0 radical (unpaired) electrons. The van der Waals surface area contributed by atoms with Crippen molar-refractivity contribution in [2.75, 3.05) is 51.4 Å². The van der Waals surface area contributed by atoms with Crippen LogP contribution in [0.1, 0.15) is 19.4 Å². The number of nitrogens with one attached hydrogen (secondary N) is 1. The van der Waals surface area contributed by atoms with Crippen LogP contribution >= 0.6 is 0 Å². The SMILES string of the molecule is [2H]C([2H])([2H])N(CCN(C)c1cc(OC)c(Nc2nccc(-c3cc(C#N)c4c(c3)c(C)cn4C)n2)cc1[N+](=O)[O-])C([2H])([2H])[2H]. The minimum absolute atomic E-state index is 0.0821. The van der Waals surface area contributed by atoms with Gasteiger partial charge in [-0.05, 0) is 44.6 Å². The topological polar surface area (TPSA) is 125 Å². The number of likely N-dealkylation sites (N-methyl/N-ethyl adjacent to an activating group) is 2. The predicted octanol–water partition coefficient (Wildman–Crippen LogP) is 4.47. The van der Waals surface area contributed by atoms with E-state index in [1.165, 1.54) is 37.4 Å². The standard InChI is InChI=1S/C27H30N8O3/c1-17-16-34(5)26-19(15-28)11-18(12-20(17)26)21-7-8-29-27(30-21)31-22-13-24(35(36)37)23(14-25(22)38-6)33(4)10-9-32(2)3/h7-8,11-14,16H,9-10H2,1-6H3,(H,29,30,31)/i2D3,3D3. The van der Waals surface area contributed by atoms with Crippen LogP contribution in [-0.2, 0) is 7.05 Å². The van der Waals surface area contributed by atoms with E-state index >= 15 is 0 Å². The number of aromatic nitrogens is 3. The number of nitriles is 1. The smallest absolute Gasteiger partial charge is 0.294 e. The molecule has 2 aromatic heterocycles. The summed E-state index contributed by atoms with van der Waals surface area (Å²) in [5, 5.41) is 25.7. The number of hydrogen-bond acceptors (Lipinski definition) is 9. The first-order valence-electron chi connectivity index (χ1n) is 14.5. The summed E-state index contributed by atoms with van der Waals surface area (Å²) >= 11 is 0. The van der Waals surface area contributed by atoms with Crippen LogP contribution in [-0.4, -0.2) is 65.6 Å². The number of fused-ring (bicyclic) bond motifs is 1. The molecular weight excluding hydrogens is 484 g/mol. The second-order valence-corrected chi connectivity index (χ2v) is 8.72. The molecule has 2 heterocycles. The van der Waals surface area contributed by atoms with Crippen LogP contribution in [0.25, 0.3) is 22.2 Å². The minimum Gasteiger partial charge on any atom is -0.494 e. The number of benzene rings is 2. The van der Waals surface area contributed by atoms with Crippen molar-refractivity contribution in [1.82, 2.24) is 19.4 Å². The normalized spacial score (nSPS) is 14.0. The van der Waals surface area contributed by atoms with E-state index in [0.717, 1.165) is 16.5 Å². The molecule has 4 aromatic rings. The van der Waals surface area contributed by atoms with Crippen LogP contribution in [0.3, 0.4) is 0 Å². The summed E-state index contributed by atoms with van der Waals surface area (Å²) < 4.78 is 52.7. The molecule has 0 atom stereocenters. The van der Waals surface area contributed by atoms with Gasteiger partial charge in [0, 0.05) is 70.9 Å². The van der Waals surface area contributed by atoms with Crippen molar-refractivity contribution in [3.63, 3.8) is 0 Å². The Morgan fingerprint density at radius 3 is 2.76 bits per heavy atom. The Kier molecular flexibility index (Phi) is 5.49. The molecule has 1 N–H and O–H groups in total. The van der Waals surface area contributed by atoms with Crippen molar-refractivity contribution in [3.05, 3.63) is 64.0 Å². The Hall–Kier alpha value is -4.69. The zero-order chi connectivity index (χ0) is 32.6. The van der Waals surface area contributed by atoms with Crippen molar-refractivity contribution >= 4 is 33.9 Å². The fourth-order valence-corrected chi connectivity index (χ4v) is 4.32. The van der Waals surface area contributed by atoms with Gasteiger partial charge in [0.25, 0.3) is 5.69 Å². The lowest BCUT2D eigenvalue weighted by atomic mass is 10.0. The number of nitro groups is 1. The molecule has 196 valence electrons. The van der Waals surface area contributed by atoms with Gasteiger partial charge in [0.15, 0.2) is 0 Å². The maximum Gasteiger partial charge on any atom is 0.294 e. The molecule has 0 fully saturated rings. The summed E-state index contributed by atoms with van der Waals surface area (Å²) in [6.07, 6.45) is 3.46. The van der Waals surface area contributed by atoms with Gasteiger partial charge in [0.2, 0.25) is 5.95 Å². The summed E-state index contributed by atoms with van der Waals surface area (Å²) in [5.74, 6) is 0.314. The van der Waals surface area contributed by atoms with E-state index in [2.05, 4.69) is 21.4 Å². The van der Waals surface area contributed by atoms with Crippen LogP contribution < -0.4 is 15.0 Å². The molecular formula is C27H30N8O3. The first-order chi connectivity index (χ1) is 20.5. The number of ether oxygens (including phenoxy) is 1. The van der Waals surface area contributed by atoms with Crippen molar-refractivity contribution in [2.24, 2.45) is 7.05 Å². The second kappa shape index (κ2) is 10.7. The molecule has 0 aliphatic heterocycles. The van der Waals surface area contributed by atoms with Gasteiger partial charge in [0.05, 0.1) is 34.5 Å². The van der Waals surface area contributed by atoms with Crippen molar-refractivity contribution in [1.29, 1.82) is 5.26 Å². The summed E-state index contributed by atoms with van der Waals surface area (Å²) in [4.78, 5) is 22.1. The van der Waals surface area contributed by atoms with Gasteiger partial charge in [-0.15, -0.1) is 0 Å². The molecule has 0 amide bonds. The summed E-state index contributed by atoms with van der Waals surface area (Å²) in [6, 6.07) is 10.2. The lowest BCUT2D eigenvalue weighted by Gasteiger charge is -2.22. The van der Waals surface area contributed by atoms with Gasteiger partial charge in [-0.1, -0.05) is 0 Å². The van der Waals surface area contributed by atoms with Gasteiger partial charge >= 0.3 is 0 Å². The third-order valence-corrected chi connectivity index (χ3v) is 6.16. The Morgan fingerprint density at radius 1 is 1.29 bits per heavy atom. The third kappa shape index (κ3) is 5.21. The van der Waals surface area contributed by atoms with Gasteiger partial charge < -0.3 is 24.4 Å². The molecule has 2 aromatic carbocycles. The molecule has 11 nitrogen and oxygen atoms in total. The van der Waals surface area contributed by atoms with Crippen LogP contribution in [0.2, 0.25) is 0 Å². The van der Waals surface area contributed by atoms with E-state index in [4.69, 9.17) is 13.0 Å². The summed E-state index contributed by atoms with van der Waals surface area (Å²) in [5.41, 5.74) is 3.43. The monoisotopic (exact) mass is 520 g/mol. The molecule has 0 saturated heterocycles. The van der Waals surface area contributed by atoms with E-state index in [0.29, 0.717) is 21.7 Å². The van der Waals surface area contributed by atoms with Crippen LogP contribution in [0.4, 0.5) is 23.0 Å². The van der Waals surface area contributed by atoms with Crippen LogP contribution in [0.5, 0.6) is 5.75 Å². The van der Waals surface area contributed by atoms with Crippen LogP contribution in [0, 0.1) is 28.4 Å². The van der Waals surface area contributed by atoms with Gasteiger partial charge in [0.1, 0.15) is 17.5 Å². The van der Waals surface area contributed by atoms with E-state index in [1.807, 2.05) is 30.8 Å². The van der Waals surface area contributed by atoms with Gasteiger partial charge in [-0.3, -0.25) is 10.1 Å². The lowest BCUT2D eigenvalue weighted by molar-refractivity contribution is -0.384. The summed E-state index contributed by atoms with van der Waals surface area (Å²) in [6.45, 7) is -4.38. The number of nitro benzene ring substituents is 1. The highest BCUT2D eigenvalue weighted by atomic mass is 16.6. The average molecular weight is 521 g/mol. The maximum absolute atomic E-state index is 12.1. The average Bonchev–Trinajstić information content (AvgIpc) is 3.23. The van der Waals surface area contributed by atoms with Gasteiger partial charge in [-0.25, -0.2) is 9.97 Å². The lowest BCUT2D eigenvalue weighted by Crippen LogP contribution is -2.28. The van der Waals surface area contributed by atoms with E-state index in [9.17, 15) is 15.4 Å². The summed E-state index contributed by atoms with van der Waals surface area (Å²) in [7, 11) is 4.74. The Balaban J connectivity index is 1.67. The molecule has 0 aliphatic carbocycles. The van der Waals surface area contributed by atoms with Crippen LogP contribution in [0.15, 0.2) is 42.7 Å². The number of anilines is 3. The van der Waals surface area contributed by atoms with Crippen molar-refractivity contribution < 1.29 is 17.9 Å². The number of hydrogen-bond donors (Lipinski definition) is 1. The predicted molar refractivity (Wildman–Crippen MR) is 148 cm³/mol. The second-order valence-electron chi connectivity index (χ2n) is 8.72. The Morgan fingerprint density at radius 2 is 2.08 bits per heavy atom. The Labute approximate surface area is 229 Å². The fraction of sp³-hybridized carbons (Fsp3) is 0.296. The third-order valence-electron chi connectivity index (χ3n) is 6.16. The highest BCUT2D eigenvalue weighted by Crippen LogP contribution is 2.39. The molecule has 0 bridgehead atoms. The first kappa shape index (κ1) is 19.4. The number of rotatable bonds is 9. The van der Waals surface area contributed by atoms with E-state index < -0.39 is 25.4 Å². The zero-order valence-corrected chi connectivity index (χ0v) is 21.3. The van der Waals surface area contributed by atoms with Gasteiger partial charge in [-0.2, -0.15) is 5.26 Å². The highest BCUT2D eigenvalue weighted by molar-refractivity contribution is 5.92. The zero-order valence-electron chi connectivity index (χ0n) is 27.3. The fourth-order valence-electron chi connectivity index (χ4n) is 4.32. The molecule has 0 aliphatic rings. The quantitative estimate of drug-likeness (QED) is 0.251. The first-order valence-corrected chi connectivity index (χ1v) is 11.5. The molecule has 38 heavy (non-hydrogen) atoms. The number of aryl methyl sites for hydroxylation is 2. The largest absolute Gasteiger partial charge is 0.494 e. The Bertz CT molecular complexity index is 1750.